The number of ether oxygens (including phenoxy) is 3. The number of methoxy groups -OCH3 is 1. The van der Waals surface area contributed by atoms with E-state index in [1.165, 1.54) is 7.11 Å². The summed E-state index contributed by atoms with van der Waals surface area (Å²) in [7, 11) is 1.41. The van der Waals surface area contributed by atoms with Gasteiger partial charge in [-0.25, -0.2) is 0 Å². The first-order valence-electron chi connectivity index (χ1n) is 7.12. The number of carbonyl (C=O) groups excluding carboxylic acids is 1. The van der Waals surface area contributed by atoms with Gasteiger partial charge in [0.1, 0.15) is 0 Å². The third-order valence-corrected chi connectivity index (χ3v) is 3.47. The molecule has 1 aromatic carbocycles. The molecule has 0 radical (unpaired) electrons. The van der Waals surface area contributed by atoms with Crippen LogP contribution in [0.2, 0.25) is 0 Å². The van der Waals surface area contributed by atoms with Crippen molar-refractivity contribution in [2.45, 2.75) is 44.5 Å². The molecule has 0 saturated carbocycles. The molecule has 2 atom stereocenters. The van der Waals surface area contributed by atoms with Crippen molar-refractivity contribution in [2.75, 3.05) is 13.7 Å². The lowest BCUT2D eigenvalue weighted by Crippen LogP contribution is -2.32. The fourth-order valence-corrected chi connectivity index (χ4v) is 2.41. The maximum absolute atomic E-state index is 11.3. The second kappa shape index (κ2) is 8.02. The molecule has 1 aromatic rings. The van der Waals surface area contributed by atoms with Gasteiger partial charge in [-0.2, -0.15) is 0 Å². The number of rotatable bonds is 6. The van der Waals surface area contributed by atoms with Crippen molar-refractivity contribution in [1.29, 1.82) is 0 Å². The van der Waals surface area contributed by atoms with E-state index >= 15 is 0 Å². The van der Waals surface area contributed by atoms with Gasteiger partial charge < -0.3 is 14.2 Å². The van der Waals surface area contributed by atoms with Crippen LogP contribution in [0.3, 0.4) is 0 Å². The molecule has 2 unspecified atom stereocenters. The van der Waals surface area contributed by atoms with Gasteiger partial charge in [0.05, 0.1) is 39.0 Å². The van der Waals surface area contributed by atoms with E-state index in [0.717, 1.165) is 24.8 Å². The van der Waals surface area contributed by atoms with E-state index in [2.05, 4.69) is 4.74 Å². The Labute approximate surface area is 120 Å². The average Bonchev–Trinajstić information content (AvgIpc) is 2.48. The molecule has 0 aromatic heterocycles. The van der Waals surface area contributed by atoms with Crippen LogP contribution < -0.4 is 0 Å². The van der Waals surface area contributed by atoms with Gasteiger partial charge in [-0.05, 0) is 24.8 Å². The molecule has 20 heavy (non-hydrogen) atoms. The number of carbonyl (C=O) groups is 1. The predicted molar refractivity (Wildman–Crippen MR) is 75.2 cm³/mol. The van der Waals surface area contributed by atoms with Crippen molar-refractivity contribution in [3.05, 3.63) is 35.9 Å². The van der Waals surface area contributed by atoms with E-state index in [1.54, 1.807) is 0 Å². The van der Waals surface area contributed by atoms with Gasteiger partial charge in [0.2, 0.25) is 0 Å². The zero-order chi connectivity index (χ0) is 14.2. The van der Waals surface area contributed by atoms with Gasteiger partial charge in [0, 0.05) is 0 Å². The monoisotopic (exact) mass is 278 g/mol. The zero-order valence-corrected chi connectivity index (χ0v) is 11.9. The minimum absolute atomic E-state index is 0.0264. The molecule has 4 heteroatoms. The van der Waals surface area contributed by atoms with Crippen molar-refractivity contribution >= 4 is 5.97 Å². The van der Waals surface area contributed by atoms with E-state index in [9.17, 15) is 4.79 Å². The molecule has 1 aliphatic rings. The van der Waals surface area contributed by atoms with E-state index in [0.29, 0.717) is 19.6 Å². The standard InChI is InChI=1S/C16H22O4/c1-18-16(17)10-14-8-5-9-15(20-14)12-19-11-13-6-3-2-4-7-13/h2-4,6-7,14-15H,5,8-12H2,1H3. The van der Waals surface area contributed by atoms with Crippen molar-refractivity contribution < 1.29 is 19.0 Å². The summed E-state index contributed by atoms with van der Waals surface area (Å²) < 4.78 is 16.2. The summed E-state index contributed by atoms with van der Waals surface area (Å²) in [5, 5.41) is 0. The molecule has 4 nitrogen and oxygen atoms in total. The first kappa shape index (κ1) is 15.0. The summed E-state index contributed by atoms with van der Waals surface area (Å²) >= 11 is 0. The molecule has 1 aliphatic heterocycles. The second-order valence-electron chi connectivity index (χ2n) is 5.09. The Bertz CT molecular complexity index is 404. The van der Waals surface area contributed by atoms with Crippen molar-refractivity contribution in [3.63, 3.8) is 0 Å². The van der Waals surface area contributed by atoms with Crippen molar-refractivity contribution in [2.24, 2.45) is 0 Å². The number of hydrogen-bond acceptors (Lipinski definition) is 4. The van der Waals surface area contributed by atoms with Gasteiger partial charge in [-0.15, -0.1) is 0 Å². The van der Waals surface area contributed by atoms with Gasteiger partial charge in [-0.1, -0.05) is 30.3 Å². The molecule has 1 saturated heterocycles. The fraction of sp³-hybridized carbons (Fsp3) is 0.562. The van der Waals surface area contributed by atoms with Crippen molar-refractivity contribution in [3.8, 4) is 0 Å². The minimum Gasteiger partial charge on any atom is -0.469 e. The van der Waals surface area contributed by atoms with Gasteiger partial charge >= 0.3 is 5.97 Å². The van der Waals surface area contributed by atoms with Crippen LogP contribution in [0.4, 0.5) is 0 Å². The molecule has 0 N–H and O–H groups in total. The fourth-order valence-electron chi connectivity index (χ4n) is 2.41. The quantitative estimate of drug-likeness (QED) is 0.751. The van der Waals surface area contributed by atoms with E-state index in [-0.39, 0.29) is 18.2 Å². The number of hydrogen-bond donors (Lipinski definition) is 0. The molecule has 0 aliphatic carbocycles. The number of benzene rings is 1. The van der Waals surface area contributed by atoms with Crippen LogP contribution in [-0.4, -0.2) is 31.9 Å². The molecule has 110 valence electrons. The predicted octanol–water partition coefficient (Wildman–Crippen LogP) is 2.70. The average molecular weight is 278 g/mol. The molecule has 1 heterocycles. The van der Waals surface area contributed by atoms with Crippen LogP contribution in [0.5, 0.6) is 0 Å². The van der Waals surface area contributed by atoms with E-state index < -0.39 is 0 Å². The molecular weight excluding hydrogens is 256 g/mol. The summed E-state index contributed by atoms with van der Waals surface area (Å²) in [5.41, 5.74) is 1.16. The van der Waals surface area contributed by atoms with Crippen LogP contribution in [0.1, 0.15) is 31.2 Å². The molecular formula is C16H22O4. The van der Waals surface area contributed by atoms with Crippen LogP contribution in [0.25, 0.3) is 0 Å². The molecule has 1 fully saturated rings. The highest BCUT2D eigenvalue weighted by Crippen LogP contribution is 2.22. The smallest absolute Gasteiger partial charge is 0.308 e. The van der Waals surface area contributed by atoms with E-state index in [4.69, 9.17) is 9.47 Å². The van der Waals surface area contributed by atoms with Crippen LogP contribution in [0.15, 0.2) is 30.3 Å². The Morgan fingerprint density at radius 2 is 2.00 bits per heavy atom. The second-order valence-corrected chi connectivity index (χ2v) is 5.09. The molecule has 0 amide bonds. The maximum atomic E-state index is 11.3. The Morgan fingerprint density at radius 1 is 1.25 bits per heavy atom. The normalized spacial score (nSPS) is 22.4. The topological polar surface area (TPSA) is 44.8 Å². The lowest BCUT2D eigenvalue weighted by molar-refractivity contribution is -0.148. The SMILES string of the molecule is COC(=O)CC1CCCC(COCc2ccccc2)O1. The van der Waals surface area contributed by atoms with Gasteiger partial charge in [-0.3, -0.25) is 4.79 Å². The summed E-state index contributed by atoms with van der Waals surface area (Å²) in [6, 6.07) is 10.1. The maximum Gasteiger partial charge on any atom is 0.308 e. The highest BCUT2D eigenvalue weighted by molar-refractivity contribution is 5.69. The van der Waals surface area contributed by atoms with Gasteiger partial charge in [0.15, 0.2) is 0 Å². The van der Waals surface area contributed by atoms with Crippen LogP contribution >= 0.6 is 0 Å². The summed E-state index contributed by atoms with van der Waals surface area (Å²) in [6.07, 6.45) is 3.38. The Balaban J connectivity index is 1.69. The van der Waals surface area contributed by atoms with Crippen LogP contribution in [-0.2, 0) is 25.6 Å². The largest absolute Gasteiger partial charge is 0.469 e. The third-order valence-electron chi connectivity index (χ3n) is 3.47. The van der Waals surface area contributed by atoms with Crippen LogP contribution in [0, 0.1) is 0 Å². The Morgan fingerprint density at radius 3 is 2.75 bits per heavy atom. The summed E-state index contributed by atoms with van der Waals surface area (Å²) in [5.74, 6) is -0.208. The Kier molecular flexibility index (Phi) is 6.02. The summed E-state index contributed by atoms with van der Waals surface area (Å²) in [6.45, 7) is 1.18. The lowest BCUT2D eigenvalue weighted by Gasteiger charge is -2.29. The third kappa shape index (κ3) is 4.94. The molecule has 0 bridgehead atoms. The minimum atomic E-state index is -0.208. The first-order chi connectivity index (χ1) is 9.78. The number of esters is 1. The van der Waals surface area contributed by atoms with Gasteiger partial charge in [0.25, 0.3) is 0 Å². The molecule has 2 rings (SSSR count). The first-order valence-corrected chi connectivity index (χ1v) is 7.12. The molecule has 0 spiro atoms. The lowest BCUT2D eigenvalue weighted by atomic mass is 10.0. The highest BCUT2D eigenvalue weighted by Gasteiger charge is 2.24. The van der Waals surface area contributed by atoms with Crippen molar-refractivity contribution in [1.82, 2.24) is 0 Å². The summed E-state index contributed by atoms with van der Waals surface area (Å²) in [4.78, 5) is 11.3. The highest BCUT2D eigenvalue weighted by atomic mass is 16.5. The van der Waals surface area contributed by atoms with E-state index in [1.807, 2.05) is 30.3 Å². The zero-order valence-electron chi connectivity index (χ0n) is 11.9. The Hall–Kier alpha value is -1.39.